The maximum absolute atomic E-state index is 2.43. The second-order valence-corrected chi connectivity index (χ2v) is 4.38. The molecule has 0 saturated heterocycles. The van der Waals surface area contributed by atoms with Crippen LogP contribution in [-0.4, -0.2) is 4.43 Å². The molecule has 0 atom stereocenters. The lowest BCUT2D eigenvalue weighted by atomic mass is 9.99. The highest BCUT2D eigenvalue weighted by Gasteiger charge is 2.01. The minimum Gasteiger partial charge on any atom is -0.0860 e. The first-order chi connectivity index (χ1) is 5.65. The molecule has 0 bridgehead atoms. The van der Waals surface area contributed by atoms with Crippen LogP contribution >= 0.6 is 22.6 Å². The van der Waals surface area contributed by atoms with E-state index in [2.05, 4.69) is 55.5 Å². The van der Waals surface area contributed by atoms with Gasteiger partial charge in [-0.05, 0) is 43.9 Å². The lowest BCUT2D eigenvalue weighted by Crippen LogP contribution is -1.94. The number of aryl methyl sites for hydroxylation is 3. The van der Waals surface area contributed by atoms with Gasteiger partial charge in [0.1, 0.15) is 0 Å². The monoisotopic (exact) mass is 274 g/mol. The lowest BCUT2D eigenvalue weighted by Gasteiger charge is -2.08. The van der Waals surface area contributed by atoms with Crippen LogP contribution in [0.3, 0.4) is 0 Å². The Hall–Kier alpha value is -0.0500. The van der Waals surface area contributed by atoms with Gasteiger partial charge in [-0.15, -0.1) is 0 Å². The highest BCUT2D eigenvalue weighted by Crippen LogP contribution is 2.16. The van der Waals surface area contributed by atoms with Gasteiger partial charge in [0.25, 0.3) is 0 Å². The summed E-state index contributed by atoms with van der Waals surface area (Å²) in [6.07, 6.45) is 1.20. The molecule has 0 saturated carbocycles. The van der Waals surface area contributed by atoms with Crippen LogP contribution in [0.15, 0.2) is 12.1 Å². The third kappa shape index (κ3) is 2.22. The van der Waals surface area contributed by atoms with E-state index in [4.69, 9.17) is 0 Å². The minimum absolute atomic E-state index is 1.20. The smallest absolute Gasteiger partial charge is 0.00359 e. The summed E-state index contributed by atoms with van der Waals surface area (Å²) in [4.78, 5) is 0. The summed E-state index contributed by atoms with van der Waals surface area (Å²) in [5.41, 5.74) is 5.80. The summed E-state index contributed by atoms with van der Waals surface area (Å²) in [6, 6.07) is 4.56. The van der Waals surface area contributed by atoms with Crippen LogP contribution in [0.5, 0.6) is 0 Å². The molecule has 0 aliphatic heterocycles. The van der Waals surface area contributed by atoms with Gasteiger partial charge in [0, 0.05) is 4.43 Å². The predicted molar refractivity (Wildman–Crippen MR) is 63.2 cm³/mol. The summed E-state index contributed by atoms with van der Waals surface area (Å²) in [7, 11) is 0. The number of hydrogen-bond donors (Lipinski definition) is 0. The fraction of sp³-hybridized carbons (Fsp3) is 0.455. The van der Waals surface area contributed by atoms with Gasteiger partial charge in [0.15, 0.2) is 0 Å². The Morgan fingerprint density at radius 1 is 1.17 bits per heavy atom. The molecule has 0 fully saturated rings. The highest BCUT2D eigenvalue weighted by molar-refractivity contribution is 14.1. The van der Waals surface area contributed by atoms with Gasteiger partial charge in [-0.25, -0.2) is 0 Å². The van der Waals surface area contributed by atoms with Crippen LogP contribution in [0.25, 0.3) is 0 Å². The van der Waals surface area contributed by atoms with Gasteiger partial charge in [-0.2, -0.15) is 0 Å². The van der Waals surface area contributed by atoms with Crippen molar-refractivity contribution in [3.05, 3.63) is 34.4 Å². The van der Waals surface area contributed by atoms with Gasteiger partial charge in [0.2, 0.25) is 0 Å². The third-order valence-corrected chi connectivity index (χ3v) is 2.82. The molecule has 0 radical (unpaired) electrons. The maximum Gasteiger partial charge on any atom is 0.00359 e. The van der Waals surface area contributed by atoms with E-state index in [1.807, 2.05) is 0 Å². The van der Waals surface area contributed by atoms with Crippen LogP contribution in [0.2, 0.25) is 0 Å². The fourth-order valence-corrected chi connectivity index (χ4v) is 2.07. The molecular weight excluding hydrogens is 259 g/mol. The standard InChI is InChI=1S/C11H15I/c1-8-6-9(2)10(3)11(7-8)4-5-12/h6-7H,4-5H2,1-3H3. The maximum atomic E-state index is 2.43. The van der Waals surface area contributed by atoms with Gasteiger partial charge >= 0.3 is 0 Å². The highest BCUT2D eigenvalue weighted by atomic mass is 127. The largest absolute Gasteiger partial charge is 0.0860 e. The first-order valence-electron chi connectivity index (χ1n) is 4.28. The number of rotatable bonds is 2. The second-order valence-electron chi connectivity index (χ2n) is 3.30. The van der Waals surface area contributed by atoms with Gasteiger partial charge in [-0.1, -0.05) is 40.3 Å². The SMILES string of the molecule is Cc1cc(C)c(C)c(CCI)c1. The van der Waals surface area contributed by atoms with Crippen LogP contribution < -0.4 is 0 Å². The van der Waals surface area contributed by atoms with Crippen molar-refractivity contribution < 1.29 is 0 Å². The van der Waals surface area contributed by atoms with E-state index in [1.165, 1.54) is 33.1 Å². The van der Waals surface area contributed by atoms with Crippen molar-refractivity contribution in [2.75, 3.05) is 4.43 Å². The Balaban J connectivity index is 3.09. The molecule has 0 aromatic heterocycles. The summed E-state index contributed by atoms with van der Waals surface area (Å²) >= 11 is 2.43. The molecule has 0 spiro atoms. The van der Waals surface area contributed by atoms with Crippen molar-refractivity contribution in [3.63, 3.8) is 0 Å². The van der Waals surface area contributed by atoms with Gasteiger partial charge < -0.3 is 0 Å². The topological polar surface area (TPSA) is 0 Å². The Morgan fingerprint density at radius 2 is 1.83 bits per heavy atom. The molecule has 0 amide bonds. The number of benzene rings is 1. The Kier molecular flexibility index (Phi) is 3.56. The van der Waals surface area contributed by atoms with Gasteiger partial charge in [-0.3, -0.25) is 0 Å². The molecule has 1 rings (SSSR count). The Bertz CT molecular complexity index is 277. The predicted octanol–water partition coefficient (Wildman–Crippen LogP) is 3.59. The van der Waals surface area contributed by atoms with E-state index in [-0.39, 0.29) is 0 Å². The zero-order chi connectivity index (χ0) is 9.14. The summed E-state index contributed by atoms with van der Waals surface area (Å²) in [5, 5.41) is 0. The Labute approximate surface area is 88.5 Å². The molecule has 0 heterocycles. The zero-order valence-corrected chi connectivity index (χ0v) is 10.1. The van der Waals surface area contributed by atoms with E-state index in [0.717, 1.165) is 0 Å². The molecule has 1 heteroatoms. The first-order valence-corrected chi connectivity index (χ1v) is 5.80. The Morgan fingerprint density at radius 3 is 2.42 bits per heavy atom. The van der Waals surface area contributed by atoms with E-state index in [0.29, 0.717) is 0 Å². The summed E-state index contributed by atoms with van der Waals surface area (Å²) in [6.45, 7) is 6.58. The molecule has 0 N–H and O–H groups in total. The van der Waals surface area contributed by atoms with Crippen molar-refractivity contribution in [1.82, 2.24) is 0 Å². The van der Waals surface area contributed by atoms with Crippen LogP contribution in [0.1, 0.15) is 22.3 Å². The second kappa shape index (κ2) is 4.26. The lowest BCUT2D eigenvalue weighted by molar-refractivity contribution is 1.11. The summed E-state index contributed by atoms with van der Waals surface area (Å²) in [5.74, 6) is 0. The molecular formula is C11H15I. The molecule has 12 heavy (non-hydrogen) atoms. The molecule has 66 valence electrons. The zero-order valence-electron chi connectivity index (χ0n) is 7.95. The molecule has 1 aromatic rings. The van der Waals surface area contributed by atoms with Gasteiger partial charge in [0.05, 0.1) is 0 Å². The normalized spacial score (nSPS) is 10.3. The van der Waals surface area contributed by atoms with E-state index in [9.17, 15) is 0 Å². The molecule has 0 unspecified atom stereocenters. The minimum atomic E-state index is 1.20. The van der Waals surface area contributed by atoms with E-state index in [1.54, 1.807) is 0 Å². The van der Waals surface area contributed by atoms with Crippen molar-refractivity contribution in [3.8, 4) is 0 Å². The van der Waals surface area contributed by atoms with Crippen molar-refractivity contribution in [1.29, 1.82) is 0 Å². The summed E-state index contributed by atoms with van der Waals surface area (Å²) < 4.78 is 1.21. The van der Waals surface area contributed by atoms with Crippen LogP contribution in [0.4, 0.5) is 0 Å². The van der Waals surface area contributed by atoms with Crippen LogP contribution in [-0.2, 0) is 6.42 Å². The number of hydrogen-bond acceptors (Lipinski definition) is 0. The van der Waals surface area contributed by atoms with E-state index < -0.39 is 0 Å². The molecule has 1 aromatic carbocycles. The van der Waals surface area contributed by atoms with Crippen molar-refractivity contribution >= 4 is 22.6 Å². The molecule has 0 aliphatic rings. The molecule has 0 aliphatic carbocycles. The first kappa shape index (κ1) is 10.0. The van der Waals surface area contributed by atoms with Crippen molar-refractivity contribution in [2.24, 2.45) is 0 Å². The average Bonchev–Trinajstić information content (AvgIpc) is 2.00. The number of alkyl halides is 1. The van der Waals surface area contributed by atoms with E-state index >= 15 is 0 Å². The fourth-order valence-electron chi connectivity index (χ4n) is 1.49. The van der Waals surface area contributed by atoms with Crippen molar-refractivity contribution in [2.45, 2.75) is 27.2 Å². The quantitative estimate of drug-likeness (QED) is 0.571. The van der Waals surface area contributed by atoms with Crippen LogP contribution in [0, 0.1) is 20.8 Å². The molecule has 0 nitrogen and oxygen atoms in total. The average molecular weight is 274 g/mol. The third-order valence-electron chi connectivity index (χ3n) is 2.28. The number of halogens is 1.